The van der Waals surface area contributed by atoms with Crippen molar-refractivity contribution < 1.29 is 19.2 Å². The van der Waals surface area contributed by atoms with E-state index in [2.05, 4.69) is 6.07 Å². The number of carbonyl (C=O) groups excluding carboxylic acids is 2. The van der Waals surface area contributed by atoms with Gasteiger partial charge in [-0.3, -0.25) is 14.9 Å². The number of hydrogen-bond donors (Lipinski definition) is 0. The van der Waals surface area contributed by atoms with Gasteiger partial charge in [-0.1, -0.05) is 24.3 Å². The minimum Gasteiger partial charge on any atom is -0.452 e. The van der Waals surface area contributed by atoms with Crippen molar-refractivity contribution in [2.24, 2.45) is 0 Å². The molecule has 1 amide bonds. The van der Waals surface area contributed by atoms with Gasteiger partial charge in [-0.25, -0.2) is 4.79 Å². The van der Waals surface area contributed by atoms with Crippen molar-refractivity contribution in [1.29, 1.82) is 0 Å². The first-order valence-electron chi connectivity index (χ1n) is 10.1. The largest absolute Gasteiger partial charge is 0.452 e. The third-order valence-electron chi connectivity index (χ3n) is 5.67. The first kappa shape index (κ1) is 19.9. The fourth-order valence-corrected chi connectivity index (χ4v) is 4.04. The van der Waals surface area contributed by atoms with Crippen molar-refractivity contribution in [3.63, 3.8) is 0 Å². The van der Waals surface area contributed by atoms with Crippen LogP contribution in [0.3, 0.4) is 0 Å². The van der Waals surface area contributed by atoms with Crippen molar-refractivity contribution in [2.45, 2.75) is 25.8 Å². The van der Waals surface area contributed by atoms with Crippen LogP contribution in [0.1, 0.15) is 34.3 Å². The second-order valence-corrected chi connectivity index (χ2v) is 7.56. The molecular formula is C22H23N3O5. The van der Waals surface area contributed by atoms with Gasteiger partial charge < -0.3 is 14.5 Å². The summed E-state index contributed by atoms with van der Waals surface area (Å²) >= 11 is 0. The molecule has 0 atom stereocenters. The minimum atomic E-state index is -0.716. The summed E-state index contributed by atoms with van der Waals surface area (Å²) in [6.07, 6.45) is 2.76. The Balaban J connectivity index is 1.45. The van der Waals surface area contributed by atoms with Gasteiger partial charge in [0.2, 0.25) is 0 Å². The highest BCUT2D eigenvalue weighted by Crippen LogP contribution is 2.29. The van der Waals surface area contributed by atoms with E-state index in [1.54, 1.807) is 11.0 Å². The monoisotopic (exact) mass is 409 g/mol. The van der Waals surface area contributed by atoms with Crippen molar-refractivity contribution in [2.75, 3.05) is 31.1 Å². The van der Waals surface area contributed by atoms with Gasteiger partial charge in [0.25, 0.3) is 11.6 Å². The number of nitrogens with zero attached hydrogens (tertiary/aromatic N) is 3. The van der Waals surface area contributed by atoms with E-state index < -0.39 is 10.9 Å². The molecule has 4 rings (SSSR count). The number of anilines is 1. The number of hydrogen-bond acceptors (Lipinski definition) is 6. The zero-order valence-corrected chi connectivity index (χ0v) is 16.6. The predicted octanol–water partition coefficient (Wildman–Crippen LogP) is 2.94. The lowest BCUT2D eigenvalue weighted by molar-refractivity contribution is -0.384. The predicted molar refractivity (Wildman–Crippen MR) is 110 cm³/mol. The van der Waals surface area contributed by atoms with E-state index in [4.69, 9.17) is 4.74 Å². The van der Waals surface area contributed by atoms with Gasteiger partial charge in [0.15, 0.2) is 6.61 Å². The van der Waals surface area contributed by atoms with Crippen molar-refractivity contribution in [3.05, 3.63) is 69.3 Å². The summed E-state index contributed by atoms with van der Waals surface area (Å²) in [6, 6.07) is 12.2. The van der Waals surface area contributed by atoms with Gasteiger partial charge in [0.1, 0.15) is 0 Å². The van der Waals surface area contributed by atoms with Crippen LogP contribution in [0.15, 0.2) is 42.5 Å². The lowest BCUT2D eigenvalue weighted by atomic mass is 10.00. The molecule has 2 aromatic rings. The topological polar surface area (TPSA) is 93.0 Å². The Kier molecular flexibility index (Phi) is 5.65. The van der Waals surface area contributed by atoms with Crippen LogP contribution in [0.25, 0.3) is 0 Å². The Morgan fingerprint density at radius 3 is 2.50 bits per heavy atom. The number of ether oxygens (including phenoxy) is 1. The summed E-state index contributed by atoms with van der Waals surface area (Å²) < 4.78 is 5.29. The first-order chi connectivity index (χ1) is 14.5. The molecule has 0 aliphatic carbocycles. The fraction of sp³-hybridized carbons (Fsp3) is 0.364. The van der Waals surface area contributed by atoms with Crippen LogP contribution < -0.4 is 4.90 Å². The second kappa shape index (κ2) is 8.52. The highest BCUT2D eigenvalue weighted by Gasteiger charge is 2.25. The molecule has 0 N–H and O–H groups in total. The third kappa shape index (κ3) is 4.12. The van der Waals surface area contributed by atoms with E-state index in [0.717, 1.165) is 37.9 Å². The van der Waals surface area contributed by atoms with Crippen LogP contribution >= 0.6 is 0 Å². The molecule has 2 aliphatic heterocycles. The lowest BCUT2D eigenvalue weighted by Crippen LogP contribution is -2.38. The maximum absolute atomic E-state index is 12.7. The van der Waals surface area contributed by atoms with Gasteiger partial charge in [-0.2, -0.15) is 0 Å². The Morgan fingerprint density at radius 2 is 1.77 bits per heavy atom. The number of esters is 1. The summed E-state index contributed by atoms with van der Waals surface area (Å²) in [4.78, 5) is 39.6. The Labute approximate surface area is 174 Å². The normalized spacial score (nSPS) is 15.6. The Morgan fingerprint density at radius 1 is 1.03 bits per heavy atom. The summed E-state index contributed by atoms with van der Waals surface area (Å²) in [6.45, 7) is 2.24. The van der Waals surface area contributed by atoms with Crippen LogP contribution in [0, 0.1) is 10.1 Å². The minimum absolute atomic E-state index is 0.128. The number of amides is 1. The maximum atomic E-state index is 12.7. The molecule has 0 spiro atoms. The molecule has 8 heteroatoms. The summed E-state index contributed by atoms with van der Waals surface area (Å²) in [7, 11) is 0. The molecule has 30 heavy (non-hydrogen) atoms. The molecule has 8 nitrogen and oxygen atoms in total. The first-order valence-corrected chi connectivity index (χ1v) is 10.1. The zero-order valence-electron chi connectivity index (χ0n) is 16.6. The standard InChI is InChI=1S/C22H23N3O5/c26-21(24-12-9-16-5-1-2-6-17(16)14-24)15-30-22(27)19-13-18(25(28)29)7-8-20(19)23-10-3-4-11-23/h1-2,5-8,13H,3-4,9-12,14-15H2. The Bertz CT molecular complexity index is 984. The molecule has 1 fully saturated rings. The van der Waals surface area contributed by atoms with Crippen molar-refractivity contribution >= 4 is 23.3 Å². The van der Waals surface area contributed by atoms with E-state index in [9.17, 15) is 19.7 Å². The number of nitro benzene ring substituents is 1. The zero-order chi connectivity index (χ0) is 21.1. The van der Waals surface area contributed by atoms with Crippen LogP contribution in [0.5, 0.6) is 0 Å². The molecule has 0 radical (unpaired) electrons. The van der Waals surface area contributed by atoms with Crippen LogP contribution in [0.2, 0.25) is 0 Å². The van der Waals surface area contributed by atoms with Gasteiger partial charge in [0.05, 0.1) is 16.2 Å². The maximum Gasteiger partial charge on any atom is 0.341 e. The molecule has 2 aromatic carbocycles. The summed E-state index contributed by atoms with van der Waals surface area (Å²) in [5, 5.41) is 11.2. The number of fused-ring (bicyclic) bond motifs is 1. The van der Waals surface area contributed by atoms with Crippen molar-refractivity contribution in [1.82, 2.24) is 4.90 Å². The second-order valence-electron chi connectivity index (χ2n) is 7.56. The smallest absolute Gasteiger partial charge is 0.341 e. The SMILES string of the molecule is O=C(OCC(=O)N1CCc2ccccc2C1)c1cc([N+](=O)[O-])ccc1N1CCCC1. The number of rotatable bonds is 5. The fourth-order valence-electron chi connectivity index (χ4n) is 4.04. The third-order valence-corrected chi connectivity index (χ3v) is 5.67. The van der Waals surface area contributed by atoms with Crippen molar-refractivity contribution in [3.8, 4) is 0 Å². The number of benzene rings is 2. The van der Waals surface area contributed by atoms with Gasteiger partial charge in [-0.05, 0) is 36.5 Å². The number of nitro groups is 1. The van der Waals surface area contributed by atoms with Crippen LogP contribution in [-0.2, 0) is 22.5 Å². The van der Waals surface area contributed by atoms with E-state index >= 15 is 0 Å². The molecule has 2 heterocycles. The van der Waals surface area contributed by atoms with E-state index in [0.29, 0.717) is 18.8 Å². The van der Waals surface area contributed by atoms with Gasteiger partial charge in [0, 0.05) is 38.3 Å². The van der Waals surface area contributed by atoms with E-state index in [-0.39, 0.29) is 23.8 Å². The van der Waals surface area contributed by atoms with Gasteiger partial charge >= 0.3 is 5.97 Å². The molecular weight excluding hydrogens is 386 g/mol. The van der Waals surface area contributed by atoms with E-state index in [1.165, 1.54) is 17.7 Å². The highest BCUT2D eigenvalue weighted by atomic mass is 16.6. The molecule has 2 aliphatic rings. The highest BCUT2D eigenvalue weighted by molar-refractivity contribution is 5.97. The lowest BCUT2D eigenvalue weighted by Gasteiger charge is -2.28. The average Bonchev–Trinajstić information content (AvgIpc) is 3.31. The van der Waals surface area contributed by atoms with Crippen LogP contribution in [0.4, 0.5) is 11.4 Å². The molecule has 0 saturated carbocycles. The molecule has 156 valence electrons. The van der Waals surface area contributed by atoms with Crippen LogP contribution in [-0.4, -0.2) is 47.9 Å². The Hall–Kier alpha value is -3.42. The summed E-state index contributed by atoms with van der Waals surface area (Å²) in [5.41, 5.74) is 2.89. The average molecular weight is 409 g/mol. The molecule has 0 aromatic heterocycles. The number of non-ortho nitro benzene ring substituents is 1. The van der Waals surface area contributed by atoms with E-state index in [1.807, 2.05) is 23.1 Å². The molecule has 0 unspecified atom stereocenters. The number of carbonyl (C=O) groups is 2. The molecule has 1 saturated heterocycles. The van der Waals surface area contributed by atoms with Gasteiger partial charge in [-0.15, -0.1) is 0 Å². The quantitative estimate of drug-likeness (QED) is 0.428. The molecule has 0 bridgehead atoms. The summed E-state index contributed by atoms with van der Waals surface area (Å²) in [5.74, 6) is -0.989.